The van der Waals surface area contributed by atoms with E-state index in [4.69, 9.17) is 11.6 Å². The second kappa shape index (κ2) is 8.10. The second-order valence-corrected chi connectivity index (χ2v) is 7.30. The molecule has 1 amide bonds. The van der Waals surface area contributed by atoms with Gasteiger partial charge in [-0.2, -0.15) is 0 Å². The summed E-state index contributed by atoms with van der Waals surface area (Å²) < 4.78 is 0. The lowest BCUT2D eigenvalue weighted by Gasteiger charge is -2.28. The average Bonchev–Trinajstić information content (AvgIpc) is 3.25. The van der Waals surface area contributed by atoms with Crippen molar-refractivity contribution in [2.75, 3.05) is 19.6 Å². The summed E-state index contributed by atoms with van der Waals surface area (Å²) in [6.07, 6.45) is 2.37. The molecule has 1 unspecified atom stereocenters. The minimum atomic E-state index is 0.168. The zero-order valence-electron chi connectivity index (χ0n) is 13.8. The Morgan fingerprint density at radius 3 is 3.00 bits per heavy atom. The lowest BCUT2D eigenvalue weighted by Crippen LogP contribution is -2.42. The maximum Gasteiger partial charge on any atom is 0.228 e. The molecule has 1 aromatic heterocycles. The first kappa shape index (κ1) is 17.4. The van der Waals surface area contributed by atoms with Crippen LogP contribution in [0.15, 0.2) is 29.6 Å². The molecule has 1 atom stereocenters. The normalized spacial score (nSPS) is 17.2. The number of carbonyl (C=O) groups is 1. The van der Waals surface area contributed by atoms with Crippen LogP contribution >= 0.6 is 22.9 Å². The SMILES string of the molecule is CCCN(C(=O)Cc1csc(-c2ccccc2Cl)n1)C1CCNC1. The summed E-state index contributed by atoms with van der Waals surface area (Å²) in [6.45, 7) is 4.81. The first-order valence-corrected chi connectivity index (χ1v) is 9.64. The lowest BCUT2D eigenvalue weighted by atomic mass is 10.1. The second-order valence-electron chi connectivity index (χ2n) is 6.03. The van der Waals surface area contributed by atoms with Crippen molar-refractivity contribution in [2.24, 2.45) is 0 Å². The Labute approximate surface area is 151 Å². The smallest absolute Gasteiger partial charge is 0.228 e. The molecule has 1 aromatic carbocycles. The minimum absolute atomic E-state index is 0.168. The molecule has 2 aromatic rings. The van der Waals surface area contributed by atoms with Gasteiger partial charge in [0, 0.05) is 30.1 Å². The molecule has 4 nitrogen and oxygen atoms in total. The van der Waals surface area contributed by atoms with E-state index in [2.05, 4.69) is 17.2 Å². The van der Waals surface area contributed by atoms with Gasteiger partial charge in [0.25, 0.3) is 0 Å². The van der Waals surface area contributed by atoms with Crippen LogP contribution in [0.25, 0.3) is 10.6 Å². The van der Waals surface area contributed by atoms with Crippen LogP contribution in [0.2, 0.25) is 5.02 Å². The number of amides is 1. The number of rotatable bonds is 6. The topological polar surface area (TPSA) is 45.2 Å². The third-order valence-corrected chi connectivity index (χ3v) is 5.50. The molecule has 0 aliphatic carbocycles. The molecule has 24 heavy (non-hydrogen) atoms. The van der Waals surface area contributed by atoms with E-state index in [0.29, 0.717) is 17.5 Å². The van der Waals surface area contributed by atoms with Crippen molar-refractivity contribution in [3.8, 4) is 10.6 Å². The van der Waals surface area contributed by atoms with Gasteiger partial charge in [0.05, 0.1) is 17.1 Å². The van der Waals surface area contributed by atoms with E-state index in [1.54, 1.807) is 0 Å². The molecular weight excluding hydrogens is 342 g/mol. The highest BCUT2D eigenvalue weighted by atomic mass is 35.5. The van der Waals surface area contributed by atoms with E-state index >= 15 is 0 Å². The number of hydrogen-bond donors (Lipinski definition) is 1. The molecule has 128 valence electrons. The molecule has 1 aliphatic rings. The highest BCUT2D eigenvalue weighted by Gasteiger charge is 2.26. The van der Waals surface area contributed by atoms with Crippen molar-refractivity contribution in [1.82, 2.24) is 15.2 Å². The Balaban J connectivity index is 1.71. The van der Waals surface area contributed by atoms with E-state index in [1.165, 1.54) is 11.3 Å². The Hall–Kier alpha value is -1.43. The molecular formula is C18H22ClN3OS. The van der Waals surface area contributed by atoms with Crippen LogP contribution in [0, 0.1) is 0 Å². The van der Waals surface area contributed by atoms with Gasteiger partial charge in [0.1, 0.15) is 5.01 Å². The molecule has 0 saturated carbocycles. The summed E-state index contributed by atoms with van der Waals surface area (Å²) >= 11 is 7.77. The highest BCUT2D eigenvalue weighted by Crippen LogP contribution is 2.30. The van der Waals surface area contributed by atoms with E-state index in [-0.39, 0.29) is 5.91 Å². The van der Waals surface area contributed by atoms with Crippen molar-refractivity contribution >= 4 is 28.8 Å². The van der Waals surface area contributed by atoms with Gasteiger partial charge >= 0.3 is 0 Å². The first-order chi connectivity index (χ1) is 11.7. The Morgan fingerprint density at radius 1 is 1.46 bits per heavy atom. The fourth-order valence-electron chi connectivity index (χ4n) is 3.06. The summed E-state index contributed by atoms with van der Waals surface area (Å²) in [4.78, 5) is 19.4. The molecule has 0 radical (unpaired) electrons. The maximum atomic E-state index is 12.7. The van der Waals surface area contributed by atoms with Crippen LogP contribution in [0.1, 0.15) is 25.5 Å². The number of halogens is 1. The molecule has 6 heteroatoms. The number of nitrogens with zero attached hydrogens (tertiary/aromatic N) is 2. The van der Waals surface area contributed by atoms with Gasteiger partial charge < -0.3 is 10.2 Å². The fraction of sp³-hybridized carbons (Fsp3) is 0.444. The summed E-state index contributed by atoms with van der Waals surface area (Å²) in [7, 11) is 0. The standard InChI is InChI=1S/C18H22ClN3OS/c1-2-9-22(14-7-8-20-11-14)17(23)10-13-12-24-18(21-13)15-5-3-4-6-16(15)19/h3-6,12,14,20H,2,7-11H2,1H3. The van der Waals surface area contributed by atoms with Gasteiger partial charge in [-0.15, -0.1) is 11.3 Å². The molecule has 0 bridgehead atoms. The number of hydrogen-bond acceptors (Lipinski definition) is 4. The van der Waals surface area contributed by atoms with Crippen LogP contribution in [0.4, 0.5) is 0 Å². The van der Waals surface area contributed by atoms with Gasteiger partial charge in [-0.1, -0.05) is 36.7 Å². The Kier molecular flexibility index (Phi) is 5.87. The molecule has 1 N–H and O–H groups in total. The maximum absolute atomic E-state index is 12.7. The first-order valence-electron chi connectivity index (χ1n) is 8.38. The minimum Gasteiger partial charge on any atom is -0.338 e. The van der Waals surface area contributed by atoms with E-state index in [0.717, 1.165) is 48.7 Å². The number of benzene rings is 1. The van der Waals surface area contributed by atoms with E-state index in [9.17, 15) is 4.79 Å². The van der Waals surface area contributed by atoms with Crippen molar-refractivity contribution in [1.29, 1.82) is 0 Å². The zero-order chi connectivity index (χ0) is 16.9. The largest absolute Gasteiger partial charge is 0.338 e. The van der Waals surface area contributed by atoms with Gasteiger partial charge in [-0.25, -0.2) is 4.98 Å². The molecule has 2 heterocycles. The van der Waals surface area contributed by atoms with Crippen molar-refractivity contribution < 1.29 is 4.79 Å². The number of thiazole rings is 1. The van der Waals surface area contributed by atoms with E-state index in [1.807, 2.05) is 34.5 Å². The number of carbonyl (C=O) groups excluding carboxylic acids is 1. The van der Waals surface area contributed by atoms with Gasteiger partial charge in [0.2, 0.25) is 5.91 Å². The molecule has 1 saturated heterocycles. The molecule has 3 rings (SSSR count). The van der Waals surface area contributed by atoms with Crippen molar-refractivity contribution in [3.63, 3.8) is 0 Å². The van der Waals surface area contributed by atoms with Gasteiger partial charge in [-0.05, 0) is 25.5 Å². The van der Waals surface area contributed by atoms with Gasteiger partial charge in [0.15, 0.2) is 0 Å². The Morgan fingerprint density at radius 2 is 2.29 bits per heavy atom. The quantitative estimate of drug-likeness (QED) is 0.852. The van der Waals surface area contributed by atoms with Crippen LogP contribution in [0.5, 0.6) is 0 Å². The fourth-order valence-corrected chi connectivity index (χ4v) is 4.20. The summed E-state index contributed by atoms with van der Waals surface area (Å²) in [5, 5.41) is 6.86. The Bertz CT molecular complexity index is 697. The van der Waals surface area contributed by atoms with Crippen LogP contribution in [-0.2, 0) is 11.2 Å². The van der Waals surface area contributed by atoms with Crippen LogP contribution in [0.3, 0.4) is 0 Å². The monoisotopic (exact) mass is 363 g/mol. The predicted molar refractivity (Wildman–Crippen MR) is 99.5 cm³/mol. The van der Waals surface area contributed by atoms with Crippen LogP contribution < -0.4 is 5.32 Å². The average molecular weight is 364 g/mol. The lowest BCUT2D eigenvalue weighted by molar-refractivity contribution is -0.132. The molecule has 1 aliphatic heterocycles. The van der Waals surface area contributed by atoms with Crippen LogP contribution in [-0.4, -0.2) is 41.5 Å². The molecule has 1 fully saturated rings. The molecule has 0 spiro atoms. The van der Waals surface area contributed by atoms with Crippen molar-refractivity contribution in [2.45, 2.75) is 32.2 Å². The number of aromatic nitrogens is 1. The van der Waals surface area contributed by atoms with Crippen molar-refractivity contribution in [3.05, 3.63) is 40.4 Å². The third kappa shape index (κ3) is 3.97. The van der Waals surface area contributed by atoms with E-state index < -0.39 is 0 Å². The highest BCUT2D eigenvalue weighted by molar-refractivity contribution is 7.13. The third-order valence-electron chi connectivity index (χ3n) is 4.25. The zero-order valence-corrected chi connectivity index (χ0v) is 15.4. The summed E-state index contributed by atoms with van der Waals surface area (Å²) in [5.74, 6) is 0.168. The predicted octanol–water partition coefficient (Wildman–Crippen LogP) is 3.61. The van der Waals surface area contributed by atoms with Gasteiger partial charge in [-0.3, -0.25) is 4.79 Å². The summed E-state index contributed by atoms with van der Waals surface area (Å²) in [5.41, 5.74) is 1.75. The summed E-state index contributed by atoms with van der Waals surface area (Å²) in [6, 6.07) is 7.99. The number of nitrogens with one attached hydrogen (secondary N) is 1.